The number of hydrogen-bond donors (Lipinski definition) is 1. The minimum Gasteiger partial charge on any atom is -0.343 e. The zero-order chi connectivity index (χ0) is 14.3. The van der Waals surface area contributed by atoms with Gasteiger partial charge in [-0.1, -0.05) is 24.3 Å². The van der Waals surface area contributed by atoms with Crippen molar-refractivity contribution >= 4 is 5.91 Å². The summed E-state index contributed by atoms with van der Waals surface area (Å²) in [4.78, 5) is 13.8. The molecule has 0 bridgehead atoms. The van der Waals surface area contributed by atoms with Crippen LogP contribution in [0.3, 0.4) is 0 Å². The Morgan fingerprint density at radius 2 is 1.89 bits per heavy atom. The lowest BCUT2D eigenvalue weighted by Gasteiger charge is -2.20. The number of aryl methyl sites for hydroxylation is 1. The van der Waals surface area contributed by atoms with Crippen LogP contribution < -0.4 is 5.32 Å². The van der Waals surface area contributed by atoms with Gasteiger partial charge in [-0.2, -0.15) is 0 Å². The maximum Gasteiger partial charge on any atom is 0.223 e. The first kappa shape index (κ1) is 15.7. The summed E-state index contributed by atoms with van der Waals surface area (Å²) in [5.41, 5.74) is 2.59. The fraction of sp³-hybridized carbons (Fsp3) is 0.562. The molecule has 1 amide bonds. The van der Waals surface area contributed by atoms with Crippen LogP contribution in [-0.2, 0) is 4.79 Å². The van der Waals surface area contributed by atoms with E-state index in [1.807, 2.05) is 18.7 Å². The summed E-state index contributed by atoms with van der Waals surface area (Å²) in [5, 5.41) is 3.43. The Labute approximate surface area is 117 Å². The van der Waals surface area contributed by atoms with Crippen molar-refractivity contribution in [3.8, 4) is 0 Å². The van der Waals surface area contributed by atoms with Crippen LogP contribution in [0.25, 0.3) is 0 Å². The van der Waals surface area contributed by atoms with Crippen molar-refractivity contribution in [2.75, 3.05) is 19.6 Å². The molecule has 0 aromatic heterocycles. The van der Waals surface area contributed by atoms with Gasteiger partial charge in [0, 0.05) is 32.1 Å². The fourth-order valence-corrected chi connectivity index (χ4v) is 2.31. The van der Waals surface area contributed by atoms with Crippen molar-refractivity contribution in [2.45, 2.75) is 40.2 Å². The topological polar surface area (TPSA) is 32.3 Å². The summed E-state index contributed by atoms with van der Waals surface area (Å²) in [7, 11) is 0. The van der Waals surface area contributed by atoms with Gasteiger partial charge in [-0.05, 0) is 38.8 Å². The molecule has 0 radical (unpaired) electrons. The Morgan fingerprint density at radius 1 is 1.26 bits per heavy atom. The Kier molecular flexibility index (Phi) is 6.57. The molecule has 3 nitrogen and oxygen atoms in total. The lowest BCUT2D eigenvalue weighted by atomic mass is 10.0. The molecule has 0 aliphatic carbocycles. The highest BCUT2D eigenvalue weighted by atomic mass is 16.2. The zero-order valence-corrected chi connectivity index (χ0v) is 12.6. The van der Waals surface area contributed by atoms with E-state index in [1.165, 1.54) is 11.1 Å². The van der Waals surface area contributed by atoms with E-state index >= 15 is 0 Å². The third kappa shape index (κ3) is 4.67. The summed E-state index contributed by atoms with van der Waals surface area (Å²) in [6.07, 6.45) is 0.567. The Bertz CT molecular complexity index is 399. The summed E-state index contributed by atoms with van der Waals surface area (Å²) >= 11 is 0. The number of benzene rings is 1. The number of carbonyl (C=O) groups is 1. The second kappa shape index (κ2) is 7.95. The predicted octanol–water partition coefficient (Wildman–Crippen LogP) is 2.90. The van der Waals surface area contributed by atoms with Crippen LogP contribution in [0, 0.1) is 6.92 Å². The third-order valence-corrected chi connectivity index (χ3v) is 3.56. The van der Waals surface area contributed by atoms with Crippen molar-refractivity contribution < 1.29 is 4.79 Å². The van der Waals surface area contributed by atoms with E-state index in [4.69, 9.17) is 0 Å². The summed E-state index contributed by atoms with van der Waals surface area (Å²) in [6, 6.07) is 8.65. The standard InChI is InChI=1S/C16H26N2O/c1-5-18(6-2)16(19)11-12-17-14(4)15-10-8-7-9-13(15)3/h7-10,14,17H,5-6,11-12H2,1-4H3. The number of rotatable bonds is 7. The molecule has 1 aromatic carbocycles. The van der Waals surface area contributed by atoms with E-state index in [9.17, 15) is 4.79 Å². The molecule has 1 atom stereocenters. The maximum atomic E-state index is 11.9. The summed E-state index contributed by atoms with van der Waals surface area (Å²) in [5.74, 6) is 0.231. The lowest BCUT2D eigenvalue weighted by molar-refractivity contribution is -0.130. The molecule has 1 rings (SSSR count). The molecule has 1 N–H and O–H groups in total. The maximum absolute atomic E-state index is 11.9. The predicted molar refractivity (Wildman–Crippen MR) is 80.1 cm³/mol. The molecule has 1 aromatic rings. The molecule has 0 spiro atoms. The van der Waals surface area contributed by atoms with Crippen molar-refractivity contribution in [3.05, 3.63) is 35.4 Å². The average Bonchev–Trinajstić information content (AvgIpc) is 2.40. The summed E-state index contributed by atoms with van der Waals surface area (Å²) in [6.45, 7) is 10.6. The highest BCUT2D eigenvalue weighted by molar-refractivity contribution is 5.76. The molecule has 1 unspecified atom stereocenters. The minimum absolute atomic E-state index is 0.231. The van der Waals surface area contributed by atoms with Crippen molar-refractivity contribution in [1.82, 2.24) is 10.2 Å². The van der Waals surface area contributed by atoms with Crippen molar-refractivity contribution in [1.29, 1.82) is 0 Å². The van der Waals surface area contributed by atoms with Crippen LogP contribution in [0.15, 0.2) is 24.3 Å². The van der Waals surface area contributed by atoms with Gasteiger partial charge in [0.25, 0.3) is 0 Å². The molecule has 0 saturated carbocycles. The molecular formula is C16H26N2O. The second-order valence-corrected chi connectivity index (χ2v) is 4.85. The van der Waals surface area contributed by atoms with Crippen LogP contribution in [0.4, 0.5) is 0 Å². The normalized spacial score (nSPS) is 12.2. The number of hydrogen-bond acceptors (Lipinski definition) is 2. The first-order valence-corrected chi connectivity index (χ1v) is 7.16. The molecule has 0 heterocycles. The zero-order valence-electron chi connectivity index (χ0n) is 12.6. The van der Waals surface area contributed by atoms with Gasteiger partial charge in [-0.3, -0.25) is 4.79 Å². The highest BCUT2D eigenvalue weighted by Gasteiger charge is 2.11. The molecule has 19 heavy (non-hydrogen) atoms. The number of carbonyl (C=O) groups excluding carboxylic acids is 1. The molecule has 0 fully saturated rings. The monoisotopic (exact) mass is 262 g/mol. The van der Waals surface area contributed by atoms with Crippen molar-refractivity contribution in [3.63, 3.8) is 0 Å². The number of amides is 1. The first-order valence-electron chi connectivity index (χ1n) is 7.16. The van der Waals surface area contributed by atoms with Gasteiger partial charge in [0.15, 0.2) is 0 Å². The van der Waals surface area contributed by atoms with Gasteiger partial charge in [0.2, 0.25) is 5.91 Å². The molecule has 0 aliphatic heterocycles. The van der Waals surface area contributed by atoms with Crippen molar-refractivity contribution in [2.24, 2.45) is 0 Å². The van der Waals surface area contributed by atoms with Crippen LogP contribution in [-0.4, -0.2) is 30.4 Å². The van der Waals surface area contributed by atoms with E-state index in [1.54, 1.807) is 0 Å². The molecule has 0 aliphatic rings. The van der Waals surface area contributed by atoms with Gasteiger partial charge in [-0.15, -0.1) is 0 Å². The van der Waals surface area contributed by atoms with Crippen LogP contribution in [0.2, 0.25) is 0 Å². The Balaban J connectivity index is 2.41. The summed E-state index contributed by atoms with van der Waals surface area (Å²) < 4.78 is 0. The third-order valence-electron chi connectivity index (χ3n) is 3.56. The van der Waals surface area contributed by atoms with Crippen LogP contribution >= 0.6 is 0 Å². The average molecular weight is 262 g/mol. The molecule has 106 valence electrons. The van der Waals surface area contributed by atoms with E-state index in [0.717, 1.165) is 19.6 Å². The van der Waals surface area contributed by atoms with Gasteiger partial charge >= 0.3 is 0 Å². The molecule has 0 saturated heterocycles. The first-order chi connectivity index (χ1) is 9.10. The van der Waals surface area contributed by atoms with E-state index in [-0.39, 0.29) is 11.9 Å². The Morgan fingerprint density at radius 3 is 2.47 bits per heavy atom. The fourth-order valence-electron chi connectivity index (χ4n) is 2.31. The quantitative estimate of drug-likeness (QED) is 0.819. The molecular weight excluding hydrogens is 236 g/mol. The lowest BCUT2D eigenvalue weighted by Crippen LogP contribution is -2.33. The number of nitrogens with zero attached hydrogens (tertiary/aromatic N) is 1. The van der Waals surface area contributed by atoms with E-state index in [2.05, 4.69) is 43.4 Å². The largest absolute Gasteiger partial charge is 0.343 e. The molecule has 3 heteroatoms. The van der Waals surface area contributed by atoms with Gasteiger partial charge in [0.05, 0.1) is 0 Å². The second-order valence-electron chi connectivity index (χ2n) is 4.85. The van der Waals surface area contributed by atoms with E-state index < -0.39 is 0 Å². The van der Waals surface area contributed by atoms with Gasteiger partial charge in [0.1, 0.15) is 0 Å². The van der Waals surface area contributed by atoms with Gasteiger partial charge < -0.3 is 10.2 Å². The van der Waals surface area contributed by atoms with Gasteiger partial charge in [-0.25, -0.2) is 0 Å². The number of nitrogens with one attached hydrogen (secondary N) is 1. The smallest absolute Gasteiger partial charge is 0.223 e. The SMILES string of the molecule is CCN(CC)C(=O)CCNC(C)c1ccccc1C. The minimum atomic E-state index is 0.231. The van der Waals surface area contributed by atoms with E-state index in [0.29, 0.717) is 6.42 Å². The Hall–Kier alpha value is -1.35. The van der Waals surface area contributed by atoms with Crippen LogP contribution in [0.1, 0.15) is 44.4 Å². The van der Waals surface area contributed by atoms with Crippen LogP contribution in [0.5, 0.6) is 0 Å². The highest BCUT2D eigenvalue weighted by Crippen LogP contribution is 2.16.